The molecule has 6 nitrogen and oxygen atoms in total. The molecular weight excluding hydrogens is 322 g/mol. The Balaban J connectivity index is 2.11. The predicted octanol–water partition coefficient (Wildman–Crippen LogP) is 3.11. The van der Waals surface area contributed by atoms with Crippen molar-refractivity contribution in [1.29, 1.82) is 0 Å². The molecule has 7 heteroatoms. The summed E-state index contributed by atoms with van der Waals surface area (Å²) in [7, 11) is 3.20. The van der Waals surface area contributed by atoms with Crippen molar-refractivity contribution >= 4 is 17.7 Å². The second kappa shape index (κ2) is 7.75. The van der Waals surface area contributed by atoms with E-state index in [1.54, 1.807) is 20.3 Å². The Labute approximate surface area is 140 Å². The number of halogens is 1. The Morgan fingerprint density at radius 2 is 2.04 bits per heavy atom. The first-order chi connectivity index (χ1) is 11.0. The van der Waals surface area contributed by atoms with Crippen LogP contribution in [0.3, 0.4) is 0 Å². The lowest BCUT2D eigenvalue weighted by Gasteiger charge is -2.18. The fourth-order valence-electron chi connectivity index (χ4n) is 2.46. The molecule has 0 unspecified atom stereocenters. The smallest absolute Gasteiger partial charge is 0.405 e. The molecule has 1 saturated carbocycles. The maximum atomic E-state index is 10.9. The standard InChI is InChI=1S/C16H22ClNO5/c1-21-6-3-7-23-14-8-11(12(17)9-13(14)22-2)10-16(4-5-16)18-15(19)20/h8-9,18H,3-7,10H2,1-2H3,(H,19,20). The van der Waals surface area contributed by atoms with E-state index in [2.05, 4.69) is 5.32 Å². The van der Waals surface area contributed by atoms with Crippen LogP contribution in [0, 0.1) is 0 Å². The van der Waals surface area contributed by atoms with Crippen LogP contribution in [0.4, 0.5) is 4.79 Å². The van der Waals surface area contributed by atoms with E-state index in [1.165, 1.54) is 0 Å². The summed E-state index contributed by atoms with van der Waals surface area (Å²) >= 11 is 6.30. The van der Waals surface area contributed by atoms with Crippen molar-refractivity contribution in [2.45, 2.75) is 31.2 Å². The van der Waals surface area contributed by atoms with E-state index in [4.69, 9.17) is 30.9 Å². The fourth-order valence-corrected chi connectivity index (χ4v) is 2.68. The lowest BCUT2D eigenvalue weighted by molar-refractivity contribution is 0.170. The van der Waals surface area contributed by atoms with E-state index < -0.39 is 11.6 Å². The normalized spacial score (nSPS) is 15.1. The lowest BCUT2D eigenvalue weighted by atomic mass is 10.0. The molecule has 1 amide bonds. The minimum Gasteiger partial charge on any atom is -0.493 e. The molecule has 0 aromatic heterocycles. The number of benzene rings is 1. The molecule has 0 saturated heterocycles. The van der Waals surface area contributed by atoms with E-state index >= 15 is 0 Å². The van der Waals surface area contributed by atoms with Gasteiger partial charge in [0.25, 0.3) is 0 Å². The zero-order valence-electron chi connectivity index (χ0n) is 13.4. The van der Waals surface area contributed by atoms with Gasteiger partial charge in [0.1, 0.15) is 0 Å². The molecule has 2 N–H and O–H groups in total. The number of carboxylic acid groups (broad SMARTS) is 1. The van der Waals surface area contributed by atoms with Gasteiger partial charge in [0, 0.05) is 36.8 Å². The van der Waals surface area contributed by atoms with Crippen LogP contribution < -0.4 is 14.8 Å². The van der Waals surface area contributed by atoms with Crippen molar-refractivity contribution in [3.05, 3.63) is 22.7 Å². The summed E-state index contributed by atoms with van der Waals surface area (Å²) in [6, 6.07) is 3.54. The zero-order chi connectivity index (χ0) is 16.9. The third-order valence-corrected chi connectivity index (χ3v) is 4.19. The largest absolute Gasteiger partial charge is 0.493 e. The zero-order valence-corrected chi connectivity index (χ0v) is 14.1. The molecule has 23 heavy (non-hydrogen) atoms. The van der Waals surface area contributed by atoms with Crippen molar-refractivity contribution in [3.63, 3.8) is 0 Å². The molecule has 1 fully saturated rings. The van der Waals surface area contributed by atoms with Crippen LogP contribution in [-0.2, 0) is 11.2 Å². The molecule has 1 aromatic rings. The maximum Gasteiger partial charge on any atom is 0.405 e. The predicted molar refractivity (Wildman–Crippen MR) is 86.8 cm³/mol. The van der Waals surface area contributed by atoms with Gasteiger partial charge in [-0.15, -0.1) is 0 Å². The lowest BCUT2D eigenvalue weighted by Crippen LogP contribution is -2.37. The Morgan fingerprint density at radius 1 is 1.30 bits per heavy atom. The minimum atomic E-state index is -1.01. The Hall–Kier alpha value is -1.66. The number of hydrogen-bond donors (Lipinski definition) is 2. The molecule has 0 aliphatic heterocycles. The van der Waals surface area contributed by atoms with Gasteiger partial charge in [-0.3, -0.25) is 0 Å². The van der Waals surface area contributed by atoms with Crippen LogP contribution in [0.1, 0.15) is 24.8 Å². The van der Waals surface area contributed by atoms with Gasteiger partial charge >= 0.3 is 6.09 Å². The highest BCUT2D eigenvalue weighted by Gasteiger charge is 2.44. The summed E-state index contributed by atoms with van der Waals surface area (Å²) in [4.78, 5) is 10.9. The quantitative estimate of drug-likeness (QED) is 0.674. The average molecular weight is 344 g/mol. The summed E-state index contributed by atoms with van der Waals surface area (Å²) in [6.45, 7) is 1.12. The van der Waals surface area contributed by atoms with E-state index in [9.17, 15) is 4.79 Å². The minimum absolute atomic E-state index is 0.405. The van der Waals surface area contributed by atoms with Crippen LogP contribution in [0.15, 0.2) is 12.1 Å². The molecule has 0 heterocycles. The van der Waals surface area contributed by atoms with Gasteiger partial charge in [-0.05, 0) is 30.9 Å². The summed E-state index contributed by atoms with van der Waals surface area (Å²) in [5, 5.41) is 12.1. The van der Waals surface area contributed by atoms with E-state index in [-0.39, 0.29) is 0 Å². The summed E-state index contributed by atoms with van der Waals surface area (Å²) in [5.41, 5.74) is 0.442. The second-order valence-corrected chi connectivity index (χ2v) is 6.08. The van der Waals surface area contributed by atoms with Gasteiger partial charge in [0.2, 0.25) is 0 Å². The van der Waals surface area contributed by atoms with Crippen molar-refractivity contribution < 1.29 is 24.1 Å². The molecule has 1 aliphatic carbocycles. The molecule has 2 rings (SSSR count). The Kier molecular flexibility index (Phi) is 5.96. The van der Waals surface area contributed by atoms with Gasteiger partial charge in [0.15, 0.2) is 11.5 Å². The third-order valence-electron chi connectivity index (χ3n) is 3.84. The number of rotatable bonds is 9. The maximum absolute atomic E-state index is 10.9. The number of methoxy groups -OCH3 is 2. The van der Waals surface area contributed by atoms with Crippen LogP contribution in [0.5, 0.6) is 11.5 Å². The summed E-state index contributed by atoms with van der Waals surface area (Å²) in [6.07, 6.45) is 1.92. The topological polar surface area (TPSA) is 77.0 Å². The Morgan fingerprint density at radius 3 is 2.61 bits per heavy atom. The van der Waals surface area contributed by atoms with Gasteiger partial charge < -0.3 is 24.6 Å². The highest BCUT2D eigenvalue weighted by molar-refractivity contribution is 6.31. The molecule has 1 aromatic carbocycles. The monoisotopic (exact) mass is 343 g/mol. The second-order valence-electron chi connectivity index (χ2n) is 5.68. The first kappa shape index (κ1) is 17.7. The van der Waals surface area contributed by atoms with Gasteiger partial charge in [-0.1, -0.05) is 11.6 Å². The molecule has 0 radical (unpaired) electrons. The number of hydrogen-bond acceptors (Lipinski definition) is 4. The molecule has 0 bridgehead atoms. The van der Waals surface area contributed by atoms with Crippen molar-refractivity contribution in [2.24, 2.45) is 0 Å². The third kappa shape index (κ3) is 4.91. The van der Waals surface area contributed by atoms with Crippen LogP contribution in [-0.4, -0.2) is 44.2 Å². The summed E-state index contributed by atoms with van der Waals surface area (Å²) in [5.74, 6) is 1.17. The van der Waals surface area contributed by atoms with Crippen molar-refractivity contribution in [1.82, 2.24) is 5.32 Å². The highest BCUT2D eigenvalue weighted by Crippen LogP contribution is 2.42. The van der Waals surface area contributed by atoms with Crippen LogP contribution in [0.2, 0.25) is 5.02 Å². The van der Waals surface area contributed by atoms with Crippen LogP contribution >= 0.6 is 11.6 Å². The van der Waals surface area contributed by atoms with E-state index in [1.807, 2.05) is 6.07 Å². The number of ether oxygens (including phenoxy) is 3. The number of nitrogens with one attached hydrogen (secondary N) is 1. The molecular formula is C16H22ClNO5. The van der Waals surface area contributed by atoms with Crippen molar-refractivity contribution in [3.8, 4) is 11.5 Å². The molecule has 128 valence electrons. The van der Waals surface area contributed by atoms with Crippen LogP contribution in [0.25, 0.3) is 0 Å². The Bertz CT molecular complexity index is 560. The first-order valence-corrected chi connectivity index (χ1v) is 7.87. The van der Waals surface area contributed by atoms with Crippen molar-refractivity contribution in [2.75, 3.05) is 27.4 Å². The van der Waals surface area contributed by atoms with E-state index in [0.717, 1.165) is 24.8 Å². The SMILES string of the molecule is COCCCOc1cc(CC2(NC(=O)O)CC2)c(Cl)cc1OC. The summed E-state index contributed by atoms with van der Waals surface area (Å²) < 4.78 is 16.0. The fraction of sp³-hybridized carbons (Fsp3) is 0.562. The highest BCUT2D eigenvalue weighted by atomic mass is 35.5. The molecule has 0 atom stereocenters. The number of carbonyl (C=O) groups is 1. The number of amides is 1. The van der Waals surface area contributed by atoms with Gasteiger partial charge in [-0.2, -0.15) is 0 Å². The average Bonchev–Trinajstić information content (AvgIpc) is 3.24. The van der Waals surface area contributed by atoms with E-state index in [0.29, 0.717) is 36.2 Å². The van der Waals surface area contributed by atoms with Gasteiger partial charge in [-0.25, -0.2) is 4.79 Å². The van der Waals surface area contributed by atoms with Gasteiger partial charge in [0.05, 0.1) is 13.7 Å². The molecule has 0 spiro atoms. The first-order valence-electron chi connectivity index (χ1n) is 7.49. The molecule has 1 aliphatic rings.